The number of ether oxygens (including phenoxy) is 1. The first-order valence-electron chi connectivity index (χ1n) is 3.02. The maximum Gasteiger partial charge on any atom is 0.330 e. The summed E-state index contributed by atoms with van der Waals surface area (Å²) in [5, 5.41) is 0. The Morgan fingerprint density at radius 1 is 1.73 bits per heavy atom. The van der Waals surface area contributed by atoms with E-state index >= 15 is 0 Å². The van der Waals surface area contributed by atoms with Crippen LogP contribution < -0.4 is 0 Å². The van der Waals surface area contributed by atoms with Crippen LogP contribution in [0.3, 0.4) is 0 Å². The minimum atomic E-state index is -2.05. The summed E-state index contributed by atoms with van der Waals surface area (Å²) in [5.74, 6) is -0.508. The van der Waals surface area contributed by atoms with E-state index in [1.165, 1.54) is 0 Å². The maximum absolute atomic E-state index is 10.4. The molecule has 0 aliphatic rings. The van der Waals surface area contributed by atoms with Crippen LogP contribution in [0.1, 0.15) is 6.42 Å². The maximum atomic E-state index is 10.4. The summed E-state index contributed by atoms with van der Waals surface area (Å²) in [5.41, 5.74) is 0. The van der Waals surface area contributed by atoms with E-state index in [1.54, 1.807) is 0 Å². The fourth-order valence-electron chi connectivity index (χ4n) is 0.408. The quantitative estimate of drug-likeness (QED) is 0.256. The molecule has 0 amide bonds. The SMILES string of the molecule is C=CC(=O)OCCCS(=O)[O-]. The van der Waals surface area contributed by atoms with Crippen LogP contribution in [0.25, 0.3) is 0 Å². The van der Waals surface area contributed by atoms with E-state index in [0.717, 1.165) is 6.08 Å². The molecule has 1 atom stereocenters. The average molecular weight is 177 g/mol. The molecule has 0 spiro atoms. The number of hydrogen-bond donors (Lipinski definition) is 0. The van der Waals surface area contributed by atoms with E-state index < -0.39 is 17.0 Å². The Morgan fingerprint density at radius 3 is 2.82 bits per heavy atom. The Balaban J connectivity index is 3.21. The van der Waals surface area contributed by atoms with Crippen LogP contribution in [0.5, 0.6) is 0 Å². The van der Waals surface area contributed by atoms with Crippen molar-refractivity contribution in [3.63, 3.8) is 0 Å². The standard InChI is InChI=1S/C6H10O4S/c1-2-6(7)10-4-3-5-11(8)9/h2H,1,3-5H2,(H,8,9)/p-1. The molecule has 0 aliphatic carbocycles. The number of carbonyl (C=O) groups excluding carboxylic acids is 1. The van der Waals surface area contributed by atoms with Gasteiger partial charge in [0.1, 0.15) is 0 Å². The second-order valence-electron chi connectivity index (χ2n) is 1.73. The number of rotatable bonds is 5. The third-order valence-corrected chi connectivity index (χ3v) is 1.49. The fourth-order valence-corrected chi connectivity index (χ4v) is 0.762. The Morgan fingerprint density at radius 2 is 2.36 bits per heavy atom. The average Bonchev–Trinajstić information content (AvgIpc) is 1.97. The second-order valence-corrected chi connectivity index (χ2v) is 2.75. The molecular formula is C6H9O4S-. The van der Waals surface area contributed by atoms with Gasteiger partial charge in [0.15, 0.2) is 0 Å². The van der Waals surface area contributed by atoms with Crippen molar-refractivity contribution in [1.82, 2.24) is 0 Å². The van der Waals surface area contributed by atoms with Crippen molar-refractivity contribution >= 4 is 17.0 Å². The normalized spacial score (nSPS) is 12.1. The Hall–Kier alpha value is -0.680. The highest BCUT2D eigenvalue weighted by Gasteiger charge is 1.93. The first kappa shape index (κ1) is 10.3. The molecule has 0 saturated heterocycles. The molecule has 0 aromatic rings. The lowest BCUT2D eigenvalue weighted by atomic mass is 10.5. The predicted molar refractivity (Wildman–Crippen MR) is 39.6 cm³/mol. The highest BCUT2D eigenvalue weighted by molar-refractivity contribution is 7.79. The van der Waals surface area contributed by atoms with Crippen LogP contribution in [0.2, 0.25) is 0 Å². The van der Waals surface area contributed by atoms with Gasteiger partial charge in [-0.2, -0.15) is 0 Å². The van der Waals surface area contributed by atoms with E-state index in [1.807, 2.05) is 0 Å². The third kappa shape index (κ3) is 7.21. The topological polar surface area (TPSA) is 66.4 Å². The molecule has 0 rings (SSSR count). The lowest BCUT2D eigenvalue weighted by Gasteiger charge is -2.03. The van der Waals surface area contributed by atoms with Crippen molar-refractivity contribution in [2.45, 2.75) is 6.42 Å². The van der Waals surface area contributed by atoms with Gasteiger partial charge in [0, 0.05) is 11.8 Å². The Bertz CT molecular complexity index is 166. The molecular weight excluding hydrogens is 168 g/mol. The van der Waals surface area contributed by atoms with E-state index in [0.29, 0.717) is 6.42 Å². The van der Waals surface area contributed by atoms with Crippen molar-refractivity contribution in [2.75, 3.05) is 12.4 Å². The van der Waals surface area contributed by atoms with Crippen LogP contribution in [0.4, 0.5) is 0 Å². The van der Waals surface area contributed by atoms with Crippen molar-refractivity contribution in [3.8, 4) is 0 Å². The van der Waals surface area contributed by atoms with Gasteiger partial charge in [-0.05, 0) is 6.42 Å². The molecule has 64 valence electrons. The van der Waals surface area contributed by atoms with Crippen LogP contribution in [-0.4, -0.2) is 27.1 Å². The molecule has 0 aromatic heterocycles. The van der Waals surface area contributed by atoms with Gasteiger partial charge >= 0.3 is 5.97 Å². The summed E-state index contributed by atoms with van der Waals surface area (Å²) in [6.07, 6.45) is 1.36. The monoisotopic (exact) mass is 177 g/mol. The zero-order chi connectivity index (χ0) is 8.69. The number of esters is 1. The van der Waals surface area contributed by atoms with Crippen molar-refractivity contribution in [2.24, 2.45) is 0 Å². The van der Waals surface area contributed by atoms with Crippen molar-refractivity contribution in [1.29, 1.82) is 0 Å². The molecule has 0 saturated carbocycles. The minimum Gasteiger partial charge on any atom is -0.772 e. The molecule has 4 nitrogen and oxygen atoms in total. The summed E-state index contributed by atoms with van der Waals surface area (Å²) in [7, 11) is 0. The Kier molecular flexibility index (Phi) is 5.68. The lowest BCUT2D eigenvalue weighted by molar-refractivity contribution is -0.137. The minimum absolute atomic E-state index is 0.0183. The fraction of sp³-hybridized carbons (Fsp3) is 0.500. The molecule has 1 unspecified atom stereocenters. The van der Waals surface area contributed by atoms with Crippen LogP contribution in [-0.2, 0) is 20.6 Å². The van der Waals surface area contributed by atoms with E-state index in [-0.39, 0.29) is 12.4 Å². The number of hydrogen-bond acceptors (Lipinski definition) is 4. The van der Waals surface area contributed by atoms with Gasteiger partial charge in [-0.25, -0.2) is 4.79 Å². The molecule has 0 fully saturated rings. The lowest BCUT2D eigenvalue weighted by Crippen LogP contribution is -2.05. The van der Waals surface area contributed by atoms with Crippen molar-refractivity contribution < 1.29 is 18.3 Å². The molecule has 0 aromatic carbocycles. The first-order valence-corrected chi connectivity index (χ1v) is 4.26. The van der Waals surface area contributed by atoms with Crippen LogP contribution in [0, 0.1) is 0 Å². The molecule has 0 bridgehead atoms. The summed E-state index contributed by atoms with van der Waals surface area (Å²) < 4.78 is 24.4. The summed E-state index contributed by atoms with van der Waals surface area (Å²) >= 11 is -2.05. The van der Waals surface area contributed by atoms with Gasteiger partial charge in [-0.15, -0.1) is 0 Å². The highest BCUT2D eigenvalue weighted by Crippen LogP contribution is 1.86. The van der Waals surface area contributed by atoms with Gasteiger partial charge in [0.25, 0.3) is 0 Å². The van der Waals surface area contributed by atoms with Crippen LogP contribution in [0.15, 0.2) is 12.7 Å². The first-order chi connectivity index (χ1) is 5.16. The third-order valence-electron chi connectivity index (χ3n) is 0.866. The van der Waals surface area contributed by atoms with Gasteiger partial charge in [-0.1, -0.05) is 17.7 Å². The summed E-state index contributed by atoms with van der Waals surface area (Å²) in [6, 6.07) is 0. The molecule has 5 heteroatoms. The van der Waals surface area contributed by atoms with Crippen molar-refractivity contribution in [3.05, 3.63) is 12.7 Å². The molecule has 11 heavy (non-hydrogen) atoms. The van der Waals surface area contributed by atoms with Gasteiger partial charge in [0.05, 0.1) is 6.61 Å². The second kappa shape index (κ2) is 6.06. The Labute approximate surface area is 67.5 Å². The zero-order valence-electron chi connectivity index (χ0n) is 5.95. The number of carbonyl (C=O) groups is 1. The zero-order valence-corrected chi connectivity index (χ0v) is 6.76. The molecule has 0 N–H and O–H groups in total. The van der Waals surface area contributed by atoms with Crippen LogP contribution >= 0.6 is 0 Å². The smallest absolute Gasteiger partial charge is 0.330 e. The van der Waals surface area contributed by atoms with Gasteiger partial charge < -0.3 is 9.29 Å². The van der Waals surface area contributed by atoms with Gasteiger partial charge in [0.2, 0.25) is 0 Å². The van der Waals surface area contributed by atoms with E-state index in [4.69, 9.17) is 0 Å². The largest absolute Gasteiger partial charge is 0.772 e. The summed E-state index contributed by atoms with van der Waals surface area (Å²) in [4.78, 5) is 10.4. The molecule has 0 aliphatic heterocycles. The van der Waals surface area contributed by atoms with E-state index in [9.17, 15) is 13.6 Å². The molecule has 0 radical (unpaired) electrons. The predicted octanol–water partition coefficient (Wildman–Crippen LogP) is -0.0152. The summed E-state index contributed by atoms with van der Waals surface area (Å²) in [6.45, 7) is 3.30. The molecule has 0 heterocycles. The van der Waals surface area contributed by atoms with Gasteiger partial charge in [-0.3, -0.25) is 4.21 Å². The van der Waals surface area contributed by atoms with E-state index in [2.05, 4.69) is 11.3 Å². The highest BCUT2D eigenvalue weighted by atomic mass is 32.2.